The van der Waals surface area contributed by atoms with Crippen LogP contribution in [0.25, 0.3) is 0 Å². The zero-order chi connectivity index (χ0) is 18.6. The fraction of sp³-hybridized carbons (Fsp3) is 0.278. The standard InChI is InChI=1S/C18H19NO6S/c1-23-12-13-3-5-14(6-4-13)18(20)19-26(21,22)15-7-8-16-17(11-15)25-10-2-9-24-16/h3-8,11H,2,9-10,12H2,1H3,(H,19,20). The second-order valence-electron chi connectivity index (χ2n) is 5.72. The Kier molecular flexibility index (Phi) is 5.43. The van der Waals surface area contributed by atoms with Gasteiger partial charge in [-0.15, -0.1) is 0 Å². The van der Waals surface area contributed by atoms with E-state index in [1.54, 1.807) is 31.4 Å². The van der Waals surface area contributed by atoms with Crippen LogP contribution in [-0.4, -0.2) is 34.6 Å². The molecule has 138 valence electrons. The van der Waals surface area contributed by atoms with E-state index in [1.165, 1.54) is 18.2 Å². The first kappa shape index (κ1) is 18.2. The monoisotopic (exact) mass is 377 g/mol. The van der Waals surface area contributed by atoms with Crippen LogP contribution in [0.1, 0.15) is 22.3 Å². The molecule has 3 rings (SSSR count). The molecule has 0 spiro atoms. The summed E-state index contributed by atoms with van der Waals surface area (Å²) in [5, 5.41) is 0. The Morgan fingerprint density at radius 3 is 2.46 bits per heavy atom. The van der Waals surface area contributed by atoms with Crippen molar-refractivity contribution in [3.05, 3.63) is 53.6 Å². The highest BCUT2D eigenvalue weighted by Crippen LogP contribution is 2.31. The van der Waals surface area contributed by atoms with Crippen molar-refractivity contribution >= 4 is 15.9 Å². The summed E-state index contributed by atoms with van der Waals surface area (Å²) in [5.74, 6) is 0.129. The molecule has 0 aromatic heterocycles. The first-order chi connectivity index (χ1) is 12.5. The summed E-state index contributed by atoms with van der Waals surface area (Å²) in [7, 11) is -2.46. The van der Waals surface area contributed by atoms with E-state index in [1.807, 2.05) is 0 Å². The van der Waals surface area contributed by atoms with E-state index in [-0.39, 0.29) is 10.5 Å². The molecule has 0 saturated heterocycles. The Bertz CT molecular complexity index is 892. The van der Waals surface area contributed by atoms with E-state index in [0.717, 1.165) is 5.56 Å². The number of benzene rings is 2. The summed E-state index contributed by atoms with van der Waals surface area (Å²) in [6.45, 7) is 1.36. The molecule has 2 aromatic rings. The van der Waals surface area contributed by atoms with Gasteiger partial charge in [0.15, 0.2) is 11.5 Å². The molecule has 0 fully saturated rings. The van der Waals surface area contributed by atoms with Crippen LogP contribution in [0.15, 0.2) is 47.4 Å². The molecule has 0 aliphatic carbocycles. The number of sulfonamides is 1. The van der Waals surface area contributed by atoms with E-state index >= 15 is 0 Å². The first-order valence-electron chi connectivity index (χ1n) is 8.04. The van der Waals surface area contributed by atoms with E-state index in [2.05, 4.69) is 4.72 Å². The molecule has 1 amide bonds. The molecule has 1 N–H and O–H groups in total. The quantitative estimate of drug-likeness (QED) is 0.858. The van der Waals surface area contributed by atoms with Gasteiger partial charge in [-0.2, -0.15) is 0 Å². The van der Waals surface area contributed by atoms with Crippen LogP contribution in [0, 0.1) is 0 Å². The third-order valence-corrected chi connectivity index (χ3v) is 5.11. The maximum absolute atomic E-state index is 12.5. The summed E-state index contributed by atoms with van der Waals surface area (Å²) in [5.41, 5.74) is 1.12. The van der Waals surface area contributed by atoms with Gasteiger partial charge in [0.2, 0.25) is 0 Å². The molecule has 0 saturated carbocycles. The van der Waals surface area contributed by atoms with Crippen molar-refractivity contribution in [2.75, 3.05) is 20.3 Å². The number of hydrogen-bond donors (Lipinski definition) is 1. The number of nitrogens with one attached hydrogen (secondary N) is 1. The van der Waals surface area contributed by atoms with Gasteiger partial charge in [0.1, 0.15) is 0 Å². The van der Waals surface area contributed by atoms with Crippen LogP contribution < -0.4 is 14.2 Å². The fourth-order valence-corrected chi connectivity index (χ4v) is 3.46. The van der Waals surface area contributed by atoms with Gasteiger partial charge in [-0.25, -0.2) is 13.1 Å². The van der Waals surface area contributed by atoms with Gasteiger partial charge in [-0.1, -0.05) is 12.1 Å². The molecular formula is C18H19NO6S. The third-order valence-electron chi connectivity index (χ3n) is 3.78. The van der Waals surface area contributed by atoms with Gasteiger partial charge in [-0.05, 0) is 29.8 Å². The lowest BCUT2D eigenvalue weighted by atomic mass is 10.1. The lowest BCUT2D eigenvalue weighted by Gasteiger charge is -2.11. The minimum atomic E-state index is -4.03. The molecule has 0 bridgehead atoms. The zero-order valence-electron chi connectivity index (χ0n) is 14.2. The second-order valence-corrected chi connectivity index (χ2v) is 7.41. The lowest BCUT2D eigenvalue weighted by molar-refractivity contribution is 0.0981. The van der Waals surface area contributed by atoms with E-state index < -0.39 is 15.9 Å². The third kappa shape index (κ3) is 4.14. The minimum absolute atomic E-state index is 0.0638. The van der Waals surface area contributed by atoms with Crippen LogP contribution in [-0.2, 0) is 21.4 Å². The average Bonchev–Trinajstić information content (AvgIpc) is 2.87. The smallest absolute Gasteiger partial charge is 0.264 e. The highest BCUT2D eigenvalue weighted by atomic mass is 32.2. The molecule has 1 aliphatic rings. The lowest BCUT2D eigenvalue weighted by Crippen LogP contribution is -2.30. The molecular weight excluding hydrogens is 358 g/mol. The van der Waals surface area contributed by atoms with Crippen LogP contribution in [0.3, 0.4) is 0 Å². The van der Waals surface area contributed by atoms with Crippen molar-refractivity contribution in [2.45, 2.75) is 17.9 Å². The van der Waals surface area contributed by atoms with Crippen molar-refractivity contribution in [1.29, 1.82) is 0 Å². The van der Waals surface area contributed by atoms with E-state index in [0.29, 0.717) is 37.7 Å². The van der Waals surface area contributed by atoms with Gasteiger partial charge in [-0.3, -0.25) is 4.79 Å². The molecule has 7 nitrogen and oxygen atoms in total. The highest BCUT2D eigenvalue weighted by molar-refractivity contribution is 7.90. The van der Waals surface area contributed by atoms with Crippen molar-refractivity contribution in [3.63, 3.8) is 0 Å². The summed E-state index contributed by atoms with van der Waals surface area (Å²) >= 11 is 0. The Hall–Kier alpha value is -2.58. The van der Waals surface area contributed by atoms with Crippen molar-refractivity contribution < 1.29 is 27.4 Å². The van der Waals surface area contributed by atoms with E-state index in [9.17, 15) is 13.2 Å². The van der Waals surface area contributed by atoms with Gasteiger partial charge in [0, 0.05) is 25.2 Å². The number of amides is 1. The average molecular weight is 377 g/mol. The van der Waals surface area contributed by atoms with Gasteiger partial charge in [0.25, 0.3) is 15.9 Å². The predicted molar refractivity (Wildman–Crippen MR) is 93.9 cm³/mol. The molecule has 0 radical (unpaired) electrons. The SMILES string of the molecule is COCc1ccc(C(=O)NS(=O)(=O)c2ccc3c(c2)OCCCO3)cc1. The first-order valence-corrected chi connectivity index (χ1v) is 9.52. The minimum Gasteiger partial charge on any atom is -0.490 e. The van der Waals surface area contributed by atoms with Crippen molar-refractivity contribution in [3.8, 4) is 11.5 Å². The number of carbonyl (C=O) groups excluding carboxylic acids is 1. The Morgan fingerprint density at radius 2 is 1.77 bits per heavy atom. The maximum atomic E-state index is 12.5. The number of carbonyl (C=O) groups is 1. The topological polar surface area (TPSA) is 90.9 Å². The fourth-order valence-electron chi connectivity index (χ4n) is 2.47. The molecule has 0 atom stereocenters. The number of methoxy groups -OCH3 is 1. The Balaban J connectivity index is 1.78. The predicted octanol–water partition coefficient (Wildman–Crippen LogP) is 2.11. The largest absolute Gasteiger partial charge is 0.490 e. The summed E-state index contributed by atoms with van der Waals surface area (Å²) in [4.78, 5) is 12.2. The molecule has 8 heteroatoms. The maximum Gasteiger partial charge on any atom is 0.264 e. The van der Waals surface area contributed by atoms with Crippen LogP contribution in [0.5, 0.6) is 11.5 Å². The summed E-state index contributed by atoms with van der Waals surface area (Å²) in [6, 6.07) is 10.8. The summed E-state index contributed by atoms with van der Waals surface area (Å²) < 4.78 is 43.1. The van der Waals surface area contributed by atoms with Crippen LogP contribution in [0.2, 0.25) is 0 Å². The van der Waals surface area contributed by atoms with Crippen LogP contribution >= 0.6 is 0 Å². The number of ether oxygens (including phenoxy) is 3. The molecule has 1 aliphatic heterocycles. The molecule has 26 heavy (non-hydrogen) atoms. The molecule has 1 heterocycles. The van der Waals surface area contributed by atoms with Gasteiger partial charge < -0.3 is 14.2 Å². The van der Waals surface area contributed by atoms with Crippen LogP contribution in [0.4, 0.5) is 0 Å². The summed E-state index contributed by atoms with van der Waals surface area (Å²) in [6.07, 6.45) is 0.715. The van der Waals surface area contributed by atoms with Gasteiger partial charge >= 0.3 is 0 Å². The molecule has 2 aromatic carbocycles. The normalized spacial score (nSPS) is 13.7. The highest BCUT2D eigenvalue weighted by Gasteiger charge is 2.21. The van der Waals surface area contributed by atoms with E-state index in [4.69, 9.17) is 14.2 Å². The number of rotatable bonds is 5. The number of fused-ring (bicyclic) bond motifs is 1. The molecule has 0 unspecified atom stereocenters. The van der Waals surface area contributed by atoms with Gasteiger partial charge in [0.05, 0.1) is 24.7 Å². The zero-order valence-corrected chi connectivity index (χ0v) is 15.0. The Morgan fingerprint density at radius 1 is 1.08 bits per heavy atom. The van der Waals surface area contributed by atoms with Crippen molar-refractivity contribution in [2.24, 2.45) is 0 Å². The Labute approximate surface area is 151 Å². The number of hydrogen-bond acceptors (Lipinski definition) is 6. The second kappa shape index (κ2) is 7.76. The van der Waals surface area contributed by atoms with Crippen molar-refractivity contribution in [1.82, 2.24) is 4.72 Å².